The first-order chi connectivity index (χ1) is 17.0. The second kappa shape index (κ2) is 11.7. The molecule has 0 aliphatic carbocycles. The van der Waals surface area contributed by atoms with Gasteiger partial charge in [0.15, 0.2) is 6.29 Å². The average Bonchev–Trinajstić information content (AvgIpc) is 3.20. The number of hydrazine groups is 1. The molecule has 2 aliphatic heterocycles. The predicted octanol–water partition coefficient (Wildman–Crippen LogP) is 2.31. The van der Waals surface area contributed by atoms with E-state index in [1.54, 1.807) is 17.1 Å². The molecule has 9 heteroatoms. The first kappa shape index (κ1) is 25.2. The first-order valence-electron chi connectivity index (χ1n) is 12.1. The quantitative estimate of drug-likeness (QED) is 0.504. The van der Waals surface area contributed by atoms with Crippen LogP contribution in [0.25, 0.3) is 0 Å². The van der Waals surface area contributed by atoms with Crippen LogP contribution in [0.1, 0.15) is 19.4 Å². The summed E-state index contributed by atoms with van der Waals surface area (Å²) >= 11 is 0. The maximum atomic E-state index is 13.4. The molecule has 0 radical (unpaired) electrons. The Labute approximate surface area is 205 Å². The Morgan fingerprint density at radius 2 is 1.77 bits per heavy atom. The number of carbonyl (C=O) groups is 2. The lowest BCUT2D eigenvalue weighted by atomic mass is 9.83. The van der Waals surface area contributed by atoms with Gasteiger partial charge in [0.25, 0.3) is 0 Å². The van der Waals surface area contributed by atoms with E-state index in [1.165, 1.54) is 12.1 Å². The summed E-state index contributed by atoms with van der Waals surface area (Å²) in [5.74, 6) is -1.39. The van der Waals surface area contributed by atoms with E-state index in [2.05, 4.69) is 15.6 Å². The standard InChI is InChI=1S/C26H33FN4O4/c1-3-34-23(35-4-2)14-28-25(32)21-16-30(15-18-10-12-19(27)13-11-18)17-22-24(21)29-31(26(22)33)20-8-6-5-7-9-20/h5-13,21-24,29H,3-4,14-17H2,1-2H3,(H,28,32). The number of fused-ring (bicyclic) bond motifs is 1. The highest BCUT2D eigenvalue weighted by Crippen LogP contribution is 2.32. The van der Waals surface area contributed by atoms with E-state index < -0.39 is 18.1 Å². The van der Waals surface area contributed by atoms with Gasteiger partial charge in [-0.2, -0.15) is 0 Å². The van der Waals surface area contributed by atoms with Gasteiger partial charge in [-0.15, -0.1) is 0 Å². The summed E-state index contributed by atoms with van der Waals surface area (Å²) in [5.41, 5.74) is 4.97. The number of para-hydroxylation sites is 1. The van der Waals surface area contributed by atoms with Gasteiger partial charge in [-0.25, -0.2) is 14.8 Å². The molecule has 0 saturated carbocycles. The van der Waals surface area contributed by atoms with Crippen molar-refractivity contribution in [1.29, 1.82) is 0 Å². The molecule has 0 spiro atoms. The molecule has 2 fully saturated rings. The third-order valence-corrected chi connectivity index (χ3v) is 6.41. The summed E-state index contributed by atoms with van der Waals surface area (Å²) in [6, 6.07) is 15.3. The van der Waals surface area contributed by atoms with Crippen molar-refractivity contribution >= 4 is 17.5 Å². The fourth-order valence-electron chi connectivity index (χ4n) is 4.78. The maximum absolute atomic E-state index is 13.4. The third-order valence-electron chi connectivity index (χ3n) is 6.41. The van der Waals surface area contributed by atoms with Crippen LogP contribution in [0.15, 0.2) is 54.6 Å². The zero-order valence-electron chi connectivity index (χ0n) is 20.2. The van der Waals surface area contributed by atoms with Crippen molar-refractivity contribution in [2.24, 2.45) is 11.8 Å². The molecule has 4 rings (SSSR count). The Morgan fingerprint density at radius 3 is 2.43 bits per heavy atom. The lowest BCUT2D eigenvalue weighted by Crippen LogP contribution is -2.57. The molecular weight excluding hydrogens is 451 g/mol. The number of rotatable bonds is 10. The van der Waals surface area contributed by atoms with E-state index in [9.17, 15) is 14.0 Å². The van der Waals surface area contributed by atoms with Crippen molar-refractivity contribution in [2.75, 3.05) is 37.9 Å². The minimum atomic E-state index is -0.525. The van der Waals surface area contributed by atoms with Crippen LogP contribution < -0.4 is 15.8 Å². The van der Waals surface area contributed by atoms with E-state index >= 15 is 0 Å². The molecule has 0 aromatic heterocycles. The highest BCUT2D eigenvalue weighted by Gasteiger charge is 2.50. The van der Waals surface area contributed by atoms with E-state index in [0.29, 0.717) is 32.8 Å². The van der Waals surface area contributed by atoms with Gasteiger partial charge in [0.1, 0.15) is 5.82 Å². The predicted molar refractivity (Wildman–Crippen MR) is 130 cm³/mol. The molecule has 2 amide bonds. The summed E-state index contributed by atoms with van der Waals surface area (Å²) in [7, 11) is 0. The summed E-state index contributed by atoms with van der Waals surface area (Å²) in [6.07, 6.45) is -0.525. The Hall–Kier alpha value is -2.85. The normalized spacial score (nSPS) is 22.5. The number of carbonyl (C=O) groups excluding carboxylic acids is 2. The van der Waals surface area contributed by atoms with E-state index in [-0.39, 0.29) is 30.2 Å². The smallest absolute Gasteiger partial charge is 0.247 e. The van der Waals surface area contributed by atoms with Gasteiger partial charge in [0.05, 0.1) is 30.1 Å². The Bertz CT molecular complexity index is 985. The first-order valence-corrected chi connectivity index (χ1v) is 12.1. The minimum Gasteiger partial charge on any atom is -0.351 e. The number of benzene rings is 2. The molecule has 8 nitrogen and oxygen atoms in total. The number of hydrogen-bond acceptors (Lipinski definition) is 6. The molecule has 2 aromatic carbocycles. The molecule has 0 bridgehead atoms. The number of halogens is 1. The second-order valence-corrected chi connectivity index (χ2v) is 8.78. The summed E-state index contributed by atoms with van der Waals surface area (Å²) in [6.45, 7) is 6.40. The van der Waals surface area contributed by atoms with Crippen molar-refractivity contribution in [1.82, 2.24) is 15.6 Å². The van der Waals surface area contributed by atoms with Crippen molar-refractivity contribution in [3.05, 3.63) is 66.0 Å². The number of piperidine rings is 1. The van der Waals surface area contributed by atoms with Gasteiger partial charge < -0.3 is 14.8 Å². The molecule has 3 unspecified atom stereocenters. The number of hydrogen-bond donors (Lipinski definition) is 2. The molecule has 2 aromatic rings. The summed E-state index contributed by atoms with van der Waals surface area (Å²) in [4.78, 5) is 28.9. The van der Waals surface area contributed by atoms with Crippen LogP contribution >= 0.6 is 0 Å². The van der Waals surface area contributed by atoms with Crippen LogP contribution in [-0.4, -0.2) is 61.9 Å². The van der Waals surface area contributed by atoms with Gasteiger partial charge in [-0.3, -0.25) is 14.5 Å². The minimum absolute atomic E-state index is 0.0654. The zero-order valence-corrected chi connectivity index (χ0v) is 20.2. The van der Waals surface area contributed by atoms with Crippen molar-refractivity contribution < 1.29 is 23.5 Å². The lowest BCUT2D eigenvalue weighted by Gasteiger charge is -2.38. The van der Waals surface area contributed by atoms with Gasteiger partial charge in [-0.1, -0.05) is 30.3 Å². The van der Waals surface area contributed by atoms with E-state index in [0.717, 1.165) is 11.3 Å². The maximum Gasteiger partial charge on any atom is 0.247 e. The Kier molecular flexibility index (Phi) is 8.46. The van der Waals surface area contributed by atoms with Crippen LogP contribution in [-0.2, 0) is 25.6 Å². The van der Waals surface area contributed by atoms with Crippen LogP contribution in [0.3, 0.4) is 0 Å². The van der Waals surface area contributed by atoms with Gasteiger partial charge in [-0.05, 0) is 43.7 Å². The monoisotopic (exact) mass is 484 g/mol. The van der Waals surface area contributed by atoms with Crippen LogP contribution in [0, 0.1) is 17.7 Å². The van der Waals surface area contributed by atoms with Gasteiger partial charge in [0.2, 0.25) is 11.8 Å². The van der Waals surface area contributed by atoms with Crippen LogP contribution in [0.5, 0.6) is 0 Å². The van der Waals surface area contributed by atoms with Crippen molar-refractivity contribution in [3.63, 3.8) is 0 Å². The molecule has 3 atom stereocenters. The summed E-state index contributed by atoms with van der Waals surface area (Å²) < 4.78 is 24.5. The number of nitrogens with zero attached hydrogens (tertiary/aromatic N) is 2. The molecule has 35 heavy (non-hydrogen) atoms. The molecule has 2 aliphatic rings. The Morgan fingerprint density at radius 1 is 1.09 bits per heavy atom. The van der Waals surface area contributed by atoms with Gasteiger partial charge in [0, 0.05) is 32.8 Å². The summed E-state index contributed by atoms with van der Waals surface area (Å²) in [5, 5.41) is 4.52. The van der Waals surface area contributed by atoms with Crippen LogP contribution in [0.4, 0.5) is 10.1 Å². The highest BCUT2D eigenvalue weighted by molar-refractivity contribution is 5.98. The number of amides is 2. The highest BCUT2D eigenvalue weighted by atomic mass is 19.1. The SMILES string of the molecule is CCOC(CNC(=O)C1CN(Cc2ccc(F)cc2)CC2C(=O)N(c3ccccc3)NC12)OCC. The average molecular weight is 485 g/mol. The molecule has 2 saturated heterocycles. The number of ether oxygens (including phenoxy) is 2. The van der Waals surface area contributed by atoms with Crippen LogP contribution in [0.2, 0.25) is 0 Å². The van der Waals surface area contributed by atoms with E-state index in [1.807, 2.05) is 44.2 Å². The fourth-order valence-corrected chi connectivity index (χ4v) is 4.78. The molecule has 2 N–H and O–H groups in total. The molecule has 2 heterocycles. The number of nitrogens with one attached hydrogen (secondary N) is 2. The molecular formula is C26H33FN4O4. The Balaban J connectivity index is 1.52. The van der Waals surface area contributed by atoms with Gasteiger partial charge >= 0.3 is 0 Å². The van der Waals surface area contributed by atoms with Crippen molar-refractivity contribution in [3.8, 4) is 0 Å². The fraction of sp³-hybridized carbons (Fsp3) is 0.462. The largest absolute Gasteiger partial charge is 0.351 e. The second-order valence-electron chi connectivity index (χ2n) is 8.78. The van der Waals surface area contributed by atoms with E-state index in [4.69, 9.17) is 9.47 Å². The third kappa shape index (κ3) is 6.05. The number of likely N-dealkylation sites (tertiary alicyclic amines) is 1. The molecule has 188 valence electrons. The topological polar surface area (TPSA) is 83.1 Å². The number of anilines is 1. The van der Waals surface area contributed by atoms with Crippen molar-refractivity contribution in [2.45, 2.75) is 32.7 Å². The zero-order chi connectivity index (χ0) is 24.8. The lowest BCUT2D eigenvalue weighted by molar-refractivity contribution is -0.144.